The second-order valence-corrected chi connectivity index (χ2v) is 8.50. The van der Waals surface area contributed by atoms with Gasteiger partial charge in [0.05, 0.1) is 18.6 Å². The summed E-state index contributed by atoms with van der Waals surface area (Å²) in [6, 6.07) is 1.58. The summed E-state index contributed by atoms with van der Waals surface area (Å²) in [6.07, 6.45) is -0.746. The zero-order valence-electron chi connectivity index (χ0n) is 19.3. The van der Waals surface area contributed by atoms with Crippen LogP contribution in [0.1, 0.15) is 18.9 Å². The first-order valence-corrected chi connectivity index (χ1v) is 11.5. The van der Waals surface area contributed by atoms with E-state index in [0.29, 0.717) is 5.56 Å². The fourth-order valence-corrected chi connectivity index (χ4v) is 3.55. The van der Waals surface area contributed by atoms with Gasteiger partial charge in [-0.3, -0.25) is 19.2 Å². The molecular formula is C22H29N5O8S. The molecule has 196 valence electrons. The predicted octanol–water partition coefficient (Wildman–Crippen LogP) is -1.64. The van der Waals surface area contributed by atoms with Gasteiger partial charge >= 0.3 is 11.9 Å². The van der Waals surface area contributed by atoms with Crippen LogP contribution >= 0.6 is 12.6 Å². The Morgan fingerprint density at radius 3 is 2.22 bits per heavy atom. The molecule has 1 heterocycles. The molecule has 5 atom stereocenters. The van der Waals surface area contributed by atoms with Gasteiger partial charge in [-0.15, -0.1) is 0 Å². The molecule has 0 saturated carbocycles. The van der Waals surface area contributed by atoms with Crippen LogP contribution in [-0.4, -0.2) is 86.0 Å². The van der Waals surface area contributed by atoms with E-state index in [2.05, 4.69) is 28.2 Å². The Bertz CT molecular complexity index is 1120. The Hall–Kier alpha value is -3.62. The second kappa shape index (κ2) is 12.9. The van der Waals surface area contributed by atoms with Crippen LogP contribution in [0.5, 0.6) is 0 Å². The number of carbonyl (C=O) groups is 5. The average molecular weight is 524 g/mol. The second-order valence-electron chi connectivity index (χ2n) is 8.14. The zero-order valence-corrected chi connectivity index (χ0v) is 20.2. The highest BCUT2D eigenvalue weighted by Crippen LogP contribution is 2.19. The van der Waals surface area contributed by atoms with Crippen molar-refractivity contribution in [3.63, 3.8) is 0 Å². The van der Waals surface area contributed by atoms with Gasteiger partial charge in [0.25, 0.3) is 0 Å². The highest BCUT2D eigenvalue weighted by Gasteiger charge is 2.33. The maximum Gasteiger partial charge on any atom is 0.326 e. The van der Waals surface area contributed by atoms with E-state index in [9.17, 15) is 29.1 Å². The number of amides is 3. The van der Waals surface area contributed by atoms with Gasteiger partial charge in [-0.1, -0.05) is 18.2 Å². The van der Waals surface area contributed by atoms with E-state index < -0.39 is 66.4 Å². The van der Waals surface area contributed by atoms with Gasteiger partial charge in [0, 0.05) is 29.3 Å². The molecule has 0 spiro atoms. The first kappa shape index (κ1) is 28.6. The maximum absolute atomic E-state index is 13.2. The summed E-state index contributed by atoms with van der Waals surface area (Å²) in [7, 11) is 0. The zero-order chi connectivity index (χ0) is 27.0. The molecule has 13 nitrogen and oxygen atoms in total. The Morgan fingerprint density at radius 1 is 1.00 bits per heavy atom. The van der Waals surface area contributed by atoms with Crippen molar-refractivity contribution in [2.24, 2.45) is 5.73 Å². The number of rotatable bonds is 13. The number of aliphatic carboxylic acids is 2. The Kier molecular flexibility index (Phi) is 10.3. The average Bonchev–Trinajstić information content (AvgIpc) is 3.22. The summed E-state index contributed by atoms with van der Waals surface area (Å²) in [5.41, 5.74) is 7.19. The molecule has 5 unspecified atom stereocenters. The van der Waals surface area contributed by atoms with E-state index in [-0.39, 0.29) is 12.2 Å². The minimum absolute atomic E-state index is 0.00607. The number of aromatic nitrogens is 1. The number of aromatic amines is 1. The van der Waals surface area contributed by atoms with Gasteiger partial charge in [-0.25, -0.2) is 4.79 Å². The molecule has 36 heavy (non-hydrogen) atoms. The molecule has 0 bridgehead atoms. The molecule has 14 heteroatoms. The third-order valence-corrected chi connectivity index (χ3v) is 5.71. The van der Waals surface area contributed by atoms with Crippen molar-refractivity contribution in [3.05, 3.63) is 36.0 Å². The lowest BCUT2D eigenvalue weighted by Gasteiger charge is -2.26. The van der Waals surface area contributed by atoms with Gasteiger partial charge in [0.15, 0.2) is 0 Å². The van der Waals surface area contributed by atoms with Crippen LogP contribution in [0.3, 0.4) is 0 Å². The minimum Gasteiger partial charge on any atom is -0.481 e. The third kappa shape index (κ3) is 7.69. The number of H-pyrrole nitrogens is 1. The minimum atomic E-state index is -1.79. The monoisotopic (exact) mass is 523 g/mol. The van der Waals surface area contributed by atoms with E-state index in [4.69, 9.17) is 15.9 Å². The number of aliphatic hydroxyl groups is 1. The topological polar surface area (TPSA) is 224 Å². The molecule has 0 aliphatic rings. The highest BCUT2D eigenvalue weighted by atomic mass is 32.1. The predicted molar refractivity (Wildman–Crippen MR) is 131 cm³/mol. The lowest BCUT2D eigenvalue weighted by atomic mass is 10.0. The summed E-state index contributed by atoms with van der Waals surface area (Å²) < 4.78 is 0. The highest BCUT2D eigenvalue weighted by molar-refractivity contribution is 7.80. The summed E-state index contributed by atoms with van der Waals surface area (Å²) in [6.45, 7) is 1.18. The van der Waals surface area contributed by atoms with Gasteiger partial charge < -0.3 is 42.0 Å². The number of aliphatic hydroxyl groups excluding tert-OH is 1. The van der Waals surface area contributed by atoms with Crippen molar-refractivity contribution in [2.75, 3.05) is 5.75 Å². The van der Waals surface area contributed by atoms with Crippen molar-refractivity contribution in [3.8, 4) is 0 Å². The number of para-hydroxylation sites is 1. The van der Waals surface area contributed by atoms with E-state index in [0.717, 1.165) is 10.9 Å². The number of carboxylic acids is 2. The number of carbonyl (C=O) groups excluding carboxylic acids is 3. The van der Waals surface area contributed by atoms with E-state index in [1.54, 1.807) is 12.3 Å². The number of thiol groups is 1. The number of fused-ring (bicyclic) bond motifs is 1. The van der Waals surface area contributed by atoms with Gasteiger partial charge in [0.1, 0.15) is 18.1 Å². The fraction of sp³-hybridized carbons (Fsp3) is 0.409. The van der Waals surface area contributed by atoms with Crippen molar-refractivity contribution < 1.29 is 39.3 Å². The normalized spacial score (nSPS) is 15.2. The van der Waals surface area contributed by atoms with Crippen LogP contribution in [0.15, 0.2) is 30.5 Å². The van der Waals surface area contributed by atoms with Crippen molar-refractivity contribution >= 4 is 53.2 Å². The number of nitrogens with one attached hydrogen (secondary N) is 4. The smallest absolute Gasteiger partial charge is 0.326 e. The Labute approximate surface area is 211 Å². The molecule has 0 fully saturated rings. The SMILES string of the molecule is CC(O)C(NC(=O)C(Cc1c[nH]c2ccccc12)NC(=O)C(N)CS)C(=O)NC(CC(=O)O)C(=O)O. The molecule has 1 aromatic heterocycles. The molecule has 9 N–H and O–H groups in total. The number of nitrogens with two attached hydrogens (primary N) is 1. The summed E-state index contributed by atoms with van der Waals surface area (Å²) in [5.74, 6) is -5.71. The number of hydrogen-bond acceptors (Lipinski definition) is 8. The molecule has 0 saturated heterocycles. The van der Waals surface area contributed by atoms with Gasteiger partial charge in [-0.2, -0.15) is 12.6 Å². The number of benzene rings is 1. The standard InChI is InChI=1S/C22H29N5O8S/c1-10(28)18(21(33)26-16(22(34)35)7-17(29)30)27-20(32)15(25-19(31)13(23)9-36)6-11-8-24-14-5-3-2-4-12(11)14/h2-5,8,10,13,15-16,18,24,28,36H,6-7,9,23H2,1H3,(H,25,31)(H,26,33)(H,27,32)(H,29,30)(H,34,35). The van der Waals surface area contributed by atoms with Crippen molar-refractivity contribution in [1.29, 1.82) is 0 Å². The third-order valence-electron chi connectivity index (χ3n) is 5.32. The summed E-state index contributed by atoms with van der Waals surface area (Å²) in [5, 5.41) is 35.7. The van der Waals surface area contributed by atoms with Crippen LogP contribution in [0.25, 0.3) is 10.9 Å². The quantitative estimate of drug-likeness (QED) is 0.137. The molecule has 1 aromatic carbocycles. The number of hydrogen-bond donors (Lipinski definition) is 9. The van der Waals surface area contributed by atoms with Crippen LogP contribution in [0, 0.1) is 0 Å². The lowest BCUT2D eigenvalue weighted by molar-refractivity contribution is -0.148. The molecule has 0 radical (unpaired) electrons. The first-order valence-electron chi connectivity index (χ1n) is 10.9. The molecule has 2 rings (SSSR count). The summed E-state index contributed by atoms with van der Waals surface area (Å²) >= 11 is 3.98. The molecule has 0 aliphatic carbocycles. The van der Waals surface area contributed by atoms with Crippen LogP contribution in [0.2, 0.25) is 0 Å². The van der Waals surface area contributed by atoms with Gasteiger partial charge in [0.2, 0.25) is 17.7 Å². The van der Waals surface area contributed by atoms with Crippen LogP contribution < -0.4 is 21.7 Å². The van der Waals surface area contributed by atoms with Crippen LogP contribution in [0.4, 0.5) is 0 Å². The van der Waals surface area contributed by atoms with Crippen molar-refractivity contribution in [1.82, 2.24) is 20.9 Å². The molecule has 0 aliphatic heterocycles. The molecular weight excluding hydrogens is 494 g/mol. The maximum atomic E-state index is 13.2. The summed E-state index contributed by atoms with van der Waals surface area (Å²) in [4.78, 5) is 63.5. The van der Waals surface area contributed by atoms with E-state index in [1.165, 1.54) is 6.92 Å². The first-order chi connectivity index (χ1) is 16.9. The van der Waals surface area contributed by atoms with E-state index >= 15 is 0 Å². The fourth-order valence-electron chi connectivity index (χ4n) is 3.39. The Balaban J connectivity index is 2.27. The number of carboxylic acid groups (broad SMARTS) is 2. The Morgan fingerprint density at radius 2 is 1.64 bits per heavy atom. The van der Waals surface area contributed by atoms with Gasteiger partial charge in [-0.05, 0) is 18.6 Å². The van der Waals surface area contributed by atoms with Crippen molar-refractivity contribution in [2.45, 2.75) is 50.0 Å². The molecule has 3 amide bonds. The molecule has 2 aromatic rings. The van der Waals surface area contributed by atoms with Crippen LogP contribution in [-0.2, 0) is 30.4 Å². The lowest BCUT2D eigenvalue weighted by Crippen LogP contribution is -2.60. The largest absolute Gasteiger partial charge is 0.481 e. The van der Waals surface area contributed by atoms with E-state index in [1.807, 2.05) is 23.5 Å².